The molecule has 0 unspecified atom stereocenters. The molecular weight excluding hydrogens is 326 g/mol. The standard InChI is InChI=1S/C18H18ClN3O2/c1-23-16-7-4-6-13(18(16)19)14(15-10-20-11-21-15)9-12-5-3-8-17(22-12)24-2/h3-8,10-11,14H,9H2,1-2H3,(H,20,21)/t14-/m0/s1. The summed E-state index contributed by atoms with van der Waals surface area (Å²) in [6, 6.07) is 11.5. The maximum absolute atomic E-state index is 6.54. The molecule has 3 rings (SSSR count). The number of aromatic amines is 1. The van der Waals surface area contributed by atoms with Crippen LogP contribution in [0.25, 0.3) is 0 Å². The number of halogens is 1. The zero-order chi connectivity index (χ0) is 16.9. The van der Waals surface area contributed by atoms with Gasteiger partial charge in [0.1, 0.15) is 5.75 Å². The number of rotatable bonds is 6. The van der Waals surface area contributed by atoms with E-state index in [9.17, 15) is 0 Å². The van der Waals surface area contributed by atoms with E-state index < -0.39 is 0 Å². The van der Waals surface area contributed by atoms with Crippen LogP contribution in [0, 0.1) is 0 Å². The van der Waals surface area contributed by atoms with Gasteiger partial charge >= 0.3 is 0 Å². The number of nitrogens with one attached hydrogen (secondary N) is 1. The van der Waals surface area contributed by atoms with Crippen molar-refractivity contribution in [1.82, 2.24) is 15.0 Å². The molecule has 1 aromatic carbocycles. The lowest BCUT2D eigenvalue weighted by Crippen LogP contribution is -2.08. The van der Waals surface area contributed by atoms with Crippen molar-refractivity contribution in [2.75, 3.05) is 14.2 Å². The average molecular weight is 344 g/mol. The van der Waals surface area contributed by atoms with Crippen molar-refractivity contribution in [3.8, 4) is 11.6 Å². The van der Waals surface area contributed by atoms with E-state index in [4.69, 9.17) is 21.1 Å². The normalized spacial score (nSPS) is 12.0. The molecule has 24 heavy (non-hydrogen) atoms. The summed E-state index contributed by atoms with van der Waals surface area (Å²) in [5.74, 6) is 1.22. The monoisotopic (exact) mass is 343 g/mol. The number of imidazole rings is 1. The first-order chi connectivity index (χ1) is 11.7. The van der Waals surface area contributed by atoms with Gasteiger partial charge in [-0.2, -0.15) is 0 Å². The fourth-order valence-corrected chi connectivity index (χ4v) is 3.03. The van der Waals surface area contributed by atoms with E-state index in [2.05, 4.69) is 15.0 Å². The first-order valence-electron chi connectivity index (χ1n) is 7.53. The molecular formula is C18H18ClN3O2. The highest BCUT2D eigenvalue weighted by atomic mass is 35.5. The summed E-state index contributed by atoms with van der Waals surface area (Å²) in [6.45, 7) is 0. The van der Waals surface area contributed by atoms with E-state index in [0.717, 1.165) is 17.0 Å². The van der Waals surface area contributed by atoms with Gasteiger partial charge in [-0.05, 0) is 17.7 Å². The van der Waals surface area contributed by atoms with Crippen molar-refractivity contribution >= 4 is 11.6 Å². The molecule has 0 amide bonds. The summed E-state index contributed by atoms with van der Waals surface area (Å²) in [4.78, 5) is 11.8. The fraction of sp³-hybridized carbons (Fsp3) is 0.222. The number of ether oxygens (including phenoxy) is 2. The van der Waals surface area contributed by atoms with Gasteiger partial charge in [-0.15, -0.1) is 0 Å². The third-order valence-electron chi connectivity index (χ3n) is 3.89. The molecule has 2 heterocycles. The van der Waals surface area contributed by atoms with Crippen LogP contribution in [0.5, 0.6) is 11.6 Å². The Balaban J connectivity index is 2.02. The predicted molar refractivity (Wildman–Crippen MR) is 92.9 cm³/mol. The van der Waals surface area contributed by atoms with Gasteiger partial charge < -0.3 is 14.5 Å². The van der Waals surface area contributed by atoms with Gasteiger partial charge in [-0.25, -0.2) is 9.97 Å². The minimum Gasteiger partial charge on any atom is -0.495 e. The Morgan fingerprint density at radius 2 is 1.96 bits per heavy atom. The van der Waals surface area contributed by atoms with Crippen LogP contribution in [0.4, 0.5) is 0 Å². The Morgan fingerprint density at radius 3 is 2.67 bits per heavy atom. The molecule has 1 N–H and O–H groups in total. The fourth-order valence-electron chi connectivity index (χ4n) is 2.69. The molecule has 5 nitrogen and oxygen atoms in total. The molecule has 0 fully saturated rings. The molecule has 0 saturated heterocycles. The van der Waals surface area contributed by atoms with E-state index in [1.807, 2.05) is 36.4 Å². The van der Waals surface area contributed by atoms with Crippen molar-refractivity contribution in [1.29, 1.82) is 0 Å². The molecule has 0 aliphatic rings. The van der Waals surface area contributed by atoms with E-state index in [0.29, 0.717) is 23.1 Å². The number of H-pyrrole nitrogens is 1. The summed E-state index contributed by atoms with van der Waals surface area (Å²) in [6.07, 6.45) is 4.13. The highest BCUT2D eigenvalue weighted by Gasteiger charge is 2.21. The average Bonchev–Trinajstić information content (AvgIpc) is 3.15. The Kier molecular flexibility index (Phi) is 5.01. The van der Waals surface area contributed by atoms with Crippen LogP contribution in [0.15, 0.2) is 48.9 Å². The number of pyridine rings is 1. The summed E-state index contributed by atoms with van der Waals surface area (Å²) >= 11 is 6.54. The SMILES string of the molecule is COc1cccc(C[C@H](c2cnc[nH]2)c2cccc(OC)c2Cl)n1. The quantitative estimate of drug-likeness (QED) is 0.738. The predicted octanol–water partition coefficient (Wildman–Crippen LogP) is 3.85. The summed E-state index contributed by atoms with van der Waals surface area (Å²) in [5, 5.41) is 0.600. The van der Waals surface area contributed by atoms with Crippen LogP contribution in [0.1, 0.15) is 22.9 Å². The molecule has 0 aliphatic heterocycles. The van der Waals surface area contributed by atoms with E-state index in [-0.39, 0.29) is 5.92 Å². The Labute approximate surface area is 145 Å². The number of hydrogen-bond acceptors (Lipinski definition) is 4. The number of hydrogen-bond donors (Lipinski definition) is 1. The zero-order valence-electron chi connectivity index (χ0n) is 13.5. The molecule has 124 valence electrons. The third-order valence-corrected chi connectivity index (χ3v) is 4.29. The minimum atomic E-state index is -0.0188. The van der Waals surface area contributed by atoms with Gasteiger partial charge in [0.25, 0.3) is 0 Å². The molecule has 0 aliphatic carbocycles. The smallest absolute Gasteiger partial charge is 0.213 e. The lowest BCUT2D eigenvalue weighted by atomic mass is 9.91. The molecule has 3 aromatic rings. The van der Waals surface area contributed by atoms with Gasteiger partial charge in [0.2, 0.25) is 5.88 Å². The molecule has 2 aromatic heterocycles. The van der Waals surface area contributed by atoms with E-state index in [1.165, 1.54) is 0 Å². The Bertz CT molecular complexity index is 806. The first kappa shape index (κ1) is 16.3. The van der Waals surface area contributed by atoms with Crippen molar-refractivity contribution in [2.45, 2.75) is 12.3 Å². The minimum absolute atomic E-state index is 0.0188. The van der Waals surface area contributed by atoms with Crippen LogP contribution in [-0.4, -0.2) is 29.2 Å². The van der Waals surface area contributed by atoms with Crippen molar-refractivity contribution in [2.24, 2.45) is 0 Å². The number of benzene rings is 1. The van der Waals surface area contributed by atoms with E-state index >= 15 is 0 Å². The van der Waals surface area contributed by atoms with Crippen molar-refractivity contribution in [3.05, 3.63) is 70.9 Å². The highest BCUT2D eigenvalue weighted by Crippen LogP contribution is 2.37. The van der Waals surface area contributed by atoms with Gasteiger partial charge in [-0.3, -0.25) is 0 Å². The molecule has 0 radical (unpaired) electrons. The van der Waals surface area contributed by atoms with Crippen LogP contribution in [0.2, 0.25) is 5.02 Å². The summed E-state index contributed by atoms with van der Waals surface area (Å²) in [7, 11) is 3.22. The Hall–Kier alpha value is -2.53. The second kappa shape index (κ2) is 7.36. The Morgan fingerprint density at radius 1 is 1.12 bits per heavy atom. The van der Waals surface area contributed by atoms with E-state index in [1.54, 1.807) is 26.7 Å². The first-order valence-corrected chi connectivity index (χ1v) is 7.91. The van der Waals surface area contributed by atoms with Crippen molar-refractivity contribution in [3.63, 3.8) is 0 Å². The van der Waals surface area contributed by atoms with Crippen LogP contribution >= 0.6 is 11.6 Å². The lowest BCUT2D eigenvalue weighted by molar-refractivity contribution is 0.396. The van der Waals surface area contributed by atoms with Crippen LogP contribution in [-0.2, 0) is 6.42 Å². The maximum Gasteiger partial charge on any atom is 0.213 e. The topological polar surface area (TPSA) is 60.0 Å². The van der Waals surface area contributed by atoms with Gasteiger partial charge in [0.15, 0.2) is 0 Å². The molecule has 6 heteroatoms. The van der Waals surface area contributed by atoms with Crippen molar-refractivity contribution < 1.29 is 9.47 Å². The van der Waals surface area contributed by atoms with Gasteiger partial charge in [0, 0.05) is 36.0 Å². The number of aromatic nitrogens is 3. The molecule has 1 atom stereocenters. The largest absolute Gasteiger partial charge is 0.495 e. The number of nitrogens with zero attached hydrogens (tertiary/aromatic N) is 2. The molecule has 0 spiro atoms. The van der Waals surface area contributed by atoms with Crippen LogP contribution in [0.3, 0.4) is 0 Å². The van der Waals surface area contributed by atoms with Crippen LogP contribution < -0.4 is 9.47 Å². The summed E-state index contributed by atoms with van der Waals surface area (Å²) < 4.78 is 10.6. The van der Waals surface area contributed by atoms with Gasteiger partial charge in [-0.1, -0.05) is 29.8 Å². The second-order valence-electron chi connectivity index (χ2n) is 5.30. The zero-order valence-corrected chi connectivity index (χ0v) is 14.2. The van der Waals surface area contributed by atoms with Gasteiger partial charge in [0.05, 0.1) is 25.6 Å². The number of methoxy groups -OCH3 is 2. The highest BCUT2D eigenvalue weighted by molar-refractivity contribution is 6.32. The maximum atomic E-state index is 6.54. The lowest BCUT2D eigenvalue weighted by Gasteiger charge is -2.18. The molecule has 0 bridgehead atoms. The summed E-state index contributed by atoms with van der Waals surface area (Å²) in [5.41, 5.74) is 2.84. The third kappa shape index (κ3) is 3.36. The second-order valence-corrected chi connectivity index (χ2v) is 5.68. The molecule has 0 saturated carbocycles.